The maximum atomic E-state index is 4.68. The smallest absolute Gasteiger partial charge is 0.0933 e. The molecule has 0 amide bonds. The normalized spacial score (nSPS) is 14.2. The average molecular weight is 210 g/mol. The van der Waals surface area contributed by atoms with Crippen LogP contribution in [0.2, 0.25) is 13.1 Å². The molecular weight excluding hydrogens is 192 g/mol. The van der Waals surface area contributed by atoms with Crippen molar-refractivity contribution in [1.29, 1.82) is 0 Å². The van der Waals surface area contributed by atoms with Gasteiger partial charge in [-0.15, -0.1) is 0 Å². The van der Waals surface area contributed by atoms with E-state index < -0.39 is 8.07 Å². The highest BCUT2D eigenvalue weighted by Crippen LogP contribution is 2.17. The largest absolute Gasteiger partial charge is 0.179 e. The molecule has 0 heterocycles. The highest BCUT2D eigenvalue weighted by atomic mass is 32.1. The Bertz CT molecular complexity index is 256. The zero-order valence-electron chi connectivity index (χ0n) is 8.62. The second-order valence-corrected chi connectivity index (χ2v) is 9.84. The van der Waals surface area contributed by atoms with Crippen LogP contribution in [-0.2, 0) is 0 Å². The molecule has 0 radical (unpaired) electrons. The maximum absolute atomic E-state index is 4.68. The lowest BCUT2D eigenvalue weighted by atomic mass is 10.4. The summed E-state index contributed by atoms with van der Waals surface area (Å²) in [6.07, 6.45) is 1.16. The standard InChI is InChI=1S/C11H18SSi/c1-4-11(12)13(2,3)10-8-6-5-7-9-10/h5-9,11-12H,4H2,1-3H3. The fraction of sp³-hybridized carbons (Fsp3) is 0.455. The monoisotopic (exact) mass is 210 g/mol. The van der Waals surface area contributed by atoms with Crippen molar-refractivity contribution in [2.75, 3.05) is 0 Å². The number of hydrogen-bond donors (Lipinski definition) is 1. The van der Waals surface area contributed by atoms with Crippen molar-refractivity contribution in [3.63, 3.8) is 0 Å². The molecule has 72 valence electrons. The van der Waals surface area contributed by atoms with Crippen molar-refractivity contribution in [2.45, 2.75) is 31.3 Å². The zero-order chi connectivity index (χ0) is 9.90. The van der Waals surface area contributed by atoms with E-state index in [1.165, 1.54) is 5.19 Å². The molecule has 0 nitrogen and oxygen atoms in total. The van der Waals surface area contributed by atoms with Gasteiger partial charge in [-0.3, -0.25) is 0 Å². The van der Waals surface area contributed by atoms with Gasteiger partial charge in [0.1, 0.15) is 0 Å². The summed E-state index contributed by atoms with van der Waals surface area (Å²) in [7, 11) is -1.32. The molecule has 0 spiro atoms. The van der Waals surface area contributed by atoms with E-state index in [0.717, 1.165) is 6.42 Å². The quantitative estimate of drug-likeness (QED) is 0.575. The van der Waals surface area contributed by atoms with Crippen molar-refractivity contribution < 1.29 is 0 Å². The lowest BCUT2D eigenvalue weighted by Crippen LogP contribution is -2.49. The van der Waals surface area contributed by atoms with E-state index in [9.17, 15) is 0 Å². The Morgan fingerprint density at radius 2 is 1.77 bits per heavy atom. The van der Waals surface area contributed by atoms with Gasteiger partial charge in [0.25, 0.3) is 0 Å². The van der Waals surface area contributed by atoms with Crippen LogP contribution in [-0.4, -0.2) is 12.9 Å². The minimum atomic E-state index is -1.32. The van der Waals surface area contributed by atoms with Gasteiger partial charge < -0.3 is 0 Å². The molecule has 1 aromatic carbocycles. The molecule has 1 rings (SSSR count). The topological polar surface area (TPSA) is 0 Å². The number of rotatable bonds is 3. The molecule has 0 saturated carbocycles. The van der Waals surface area contributed by atoms with Crippen LogP contribution in [0.1, 0.15) is 13.3 Å². The summed E-state index contributed by atoms with van der Waals surface area (Å²) in [5, 5.41) is 1.51. The van der Waals surface area contributed by atoms with Gasteiger partial charge in [-0.05, 0) is 6.42 Å². The van der Waals surface area contributed by atoms with Gasteiger partial charge in [-0.1, -0.05) is 55.5 Å². The third-order valence-electron chi connectivity index (χ3n) is 2.74. The van der Waals surface area contributed by atoms with Crippen molar-refractivity contribution >= 4 is 25.9 Å². The van der Waals surface area contributed by atoms with E-state index in [0.29, 0.717) is 4.87 Å². The van der Waals surface area contributed by atoms with E-state index in [2.05, 4.69) is 63.0 Å². The summed E-state index contributed by atoms with van der Waals surface area (Å²) in [5.41, 5.74) is 0. The van der Waals surface area contributed by atoms with Gasteiger partial charge >= 0.3 is 0 Å². The van der Waals surface area contributed by atoms with Crippen LogP contribution in [0.3, 0.4) is 0 Å². The van der Waals surface area contributed by atoms with Crippen LogP contribution in [0.15, 0.2) is 30.3 Å². The highest BCUT2D eigenvalue weighted by molar-refractivity contribution is 7.83. The molecule has 0 fully saturated rings. The first kappa shape index (κ1) is 10.9. The molecule has 1 unspecified atom stereocenters. The first-order valence-corrected chi connectivity index (χ1v) is 8.42. The summed E-state index contributed by atoms with van der Waals surface area (Å²) in [6, 6.07) is 10.8. The number of benzene rings is 1. The van der Waals surface area contributed by atoms with Crippen molar-refractivity contribution in [1.82, 2.24) is 0 Å². The fourth-order valence-corrected chi connectivity index (χ4v) is 4.47. The van der Waals surface area contributed by atoms with E-state index in [4.69, 9.17) is 0 Å². The molecule has 0 aliphatic rings. The summed E-state index contributed by atoms with van der Waals surface area (Å²) in [4.78, 5) is 0.565. The van der Waals surface area contributed by atoms with Crippen LogP contribution in [0.5, 0.6) is 0 Å². The summed E-state index contributed by atoms with van der Waals surface area (Å²) in [6.45, 7) is 7.00. The first-order chi connectivity index (χ1) is 6.09. The molecule has 0 aliphatic heterocycles. The Hall–Kier alpha value is -0.213. The minimum Gasteiger partial charge on any atom is -0.179 e. The molecule has 1 atom stereocenters. The SMILES string of the molecule is CCC(S)[Si](C)(C)c1ccccc1. The lowest BCUT2D eigenvalue weighted by Gasteiger charge is -2.28. The Morgan fingerprint density at radius 1 is 1.23 bits per heavy atom. The lowest BCUT2D eigenvalue weighted by molar-refractivity contribution is 1.02. The second kappa shape index (κ2) is 4.34. The summed E-state index contributed by atoms with van der Waals surface area (Å²) < 4.78 is 0. The van der Waals surface area contributed by atoms with E-state index >= 15 is 0 Å². The van der Waals surface area contributed by atoms with Crippen molar-refractivity contribution in [3.8, 4) is 0 Å². The molecular formula is C11H18SSi. The maximum Gasteiger partial charge on any atom is 0.0933 e. The molecule has 2 heteroatoms. The molecule has 1 aromatic rings. The number of hydrogen-bond acceptors (Lipinski definition) is 1. The van der Waals surface area contributed by atoms with E-state index in [-0.39, 0.29) is 0 Å². The molecule has 0 aromatic heterocycles. The summed E-state index contributed by atoms with van der Waals surface area (Å²) in [5.74, 6) is 0. The first-order valence-electron chi connectivity index (χ1n) is 4.82. The van der Waals surface area contributed by atoms with Gasteiger partial charge in [-0.2, -0.15) is 12.6 Å². The molecule has 13 heavy (non-hydrogen) atoms. The van der Waals surface area contributed by atoms with Gasteiger partial charge in [0.05, 0.1) is 8.07 Å². The van der Waals surface area contributed by atoms with Gasteiger partial charge in [0.2, 0.25) is 0 Å². The Labute approximate surface area is 87.8 Å². The van der Waals surface area contributed by atoms with Crippen molar-refractivity contribution in [2.24, 2.45) is 0 Å². The van der Waals surface area contributed by atoms with Crippen LogP contribution < -0.4 is 5.19 Å². The van der Waals surface area contributed by atoms with Gasteiger partial charge in [-0.25, -0.2) is 0 Å². The zero-order valence-corrected chi connectivity index (χ0v) is 10.5. The molecule has 0 bridgehead atoms. The minimum absolute atomic E-state index is 0.565. The van der Waals surface area contributed by atoms with Gasteiger partial charge in [0, 0.05) is 4.87 Å². The van der Waals surface area contributed by atoms with Gasteiger partial charge in [0.15, 0.2) is 0 Å². The van der Waals surface area contributed by atoms with Crippen LogP contribution in [0.4, 0.5) is 0 Å². The number of thiol groups is 1. The molecule has 0 N–H and O–H groups in total. The fourth-order valence-electron chi connectivity index (χ4n) is 1.57. The van der Waals surface area contributed by atoms with E-state index in [1.54, 1.807) is 0 Å². The van der Waals surface area contributed by atoms with Crippen molar-refractivity contribution in [3.05, 3.63) is 30.3 Å². The van der Waals surface area contributed by atoms with Crippen LogP contribution >= 0.6 is 12.6 Å². The average Bonchev–Trinajstić information content (AvgIpc) is 2.18. The third kappa shape index (κ3) is 2.38. The summed E-state index contributed by atoms with van der Waals surface area (Å²) >= 11 is 4.68. The van der Waals surface area contributed by atoms with Crippen LogP contribution in [0, 0.1) is 0 Å². The predicted molar refractivity (Wildman–Crippen MR) is 66.6 cm³/mol. The Morgan fingerprint density at radius 3 is 2.23 bits per heavy atom. The van der Waals surface area contributed by atoms with E-state index in [1.807, 2.05) is 0 Å². The molecule has 0 aliphatic carbocycles. The Balaban J connectivity index is 2.93. The van der Waals surface area contributed by atoms with Crippen LogP contribution in [0.25, 0.3) is 0 Å². The second-order valence-electron chi connectivity index (χ2n) is 4.01. The highest BCUT2D eigenvalue weighted by Gasteiger charge is 2.29. The predicted octanol–water partition coefficient (Wildman–Crippen LogP) is 2.85. The molecule has 0 saturated heterocycles. The third-order valence-corrected chi connectivity index (χ3v) is 8.93. The Kier molecular flexibility index (Phi) is 3.62.